The van der Waals surface area contributed by atoms with Gasteiger partial charge in [0.2, 0.25) is 10.0 Å². The molecule has 2 aromatic carbocycles. The average Bonchev–Trinajstić information content (AvgIpc) is 2.78. The highest BCUT2D eigenvalue weighted by Gasteiger charge is 2.39. The predicted octanol–water partition coefficient (Wildman–Crippen LogP) is 4.26. The lowest BCUT2D eigenvalue weighted by Crippen LogP contribution is -2.50. The largest absolute Gasteiger partial charge is 0.460 e. The van der Waals surface area contributed by atoms with Crippen molar-refractivity contribution in [3.63, 3.8) is 0 Å². The van der Waals surface area contributed by atoms with Crippen LogP contribution in [0.25, 0.3) is 0 Å². The molecular formula is C26H33NO5S2. The van der Waals surface area contributed by atoms with Crippen LogP contribution < -0.4 is 0 Å². The van der Waals surface area contributed by atoms with Crippen molar-refractivity contribution in [2.45, 2.75) is 57.1 Å². The van der Waals surface area contributed by atoms with Gasteiger partial charge in [0.15, 0.2) is 5.78 Å². The van der Waals surface area contributed by atoms with Crippen LogP contribution in [0, 0.1) is 12.8 Å². The standard InChI is InChI=1S/C26H33NO5S2/c1-19-10-12-22(13-11-19)34(30,31)27-14-15-33-18-23(27)24(28)17-21(25(29)32-26(2,3)4)16-20-8-6-5-7-9-20/h5-13,21,23H,14-18H2,1-4H3/t21-,23-/m0/s1. The maximum atomic E-state index is 13.5. The number of ether oxygens (including phenoxy) is 1. The third-order valence-electron chi connectivity index (χ3n) is 5.59. The van der Waals surface area contributed by atoms with Crippen LogP contribution in [0.15, 0.2) is 59.5 Å². The average molecular weight is 504 g/mol. The lowest BCUT2D eigenvalue weighted by atomic mass is 9.92. The summed E-state index contributed by atoms with van der Waals surface area (Å²) in [5.41, 5.74) is 1.20. The molecule has 1 fully saturated rings. The number of esters is 1. The second-order valence-electron chi connectivity index (χ2n) is 9.61. The monoisotopic (exact) mass is 503 g/mol. The van der Waals surface area contributed by atoms with Crippen molar-refractivity contribution in [1.29, 1.82) is 0 Å². The number of hydrogen-bond acceptors (Lipinski definition) is 6. The summed E-state index contributed by atoms with van der Waals surface area (Å²) in [6.07, 6.45) is 0.279. The van der Waals surface area contributed by atoms with Gasteiger partial charge in [-0.05, 0) is 51.8 Å². The highest BCUT2D eigenvalue weighted by atomic mass is 32.2. The lowest BCUT2D eigenvalue weighted by molar-refractivity contribution is -0.161. The van der Waals surface area contributed by atoms with Crippen LogP contribution in [0.1, 0.15) is 38.3 Å². The number of carbonyl (C=O) groups is 2. The Labute approximate surface area is 207 Å². The van der Waals surface area contributed by atoms with Gasteiger partial charge in [0.25, 0.3) is 0 Å². The number of ketones is 1. The van der Waals surface area contributed by atoms with E-state index in [0.717, 1.165) is 11.1 Å². The first-order valence-electron chi connectivity index (χ1n) is 11.4. The minimum Gasteiger partial charge on any atom is -0.460 e. The van der Waals surface area contributed by atoms with Crippen molar-refractivity contribution < 1.29 is 22.7 Å². The highest BCUT2D eigenvalue weighted by molar-refractivity contribution is 7.99. The number of nitrogens with zero attached hydrogens (tertiary/aromatic N) is 1. The van der Waals surface area contributed by atoms with Crippen molar-refractivity contribution in [2.75, 3.05) is 18.1 Å². The summed E-state index contributed by atoms with van der Waals surface area (Å²) in [6.45, 7) is 7.52. The number of benzene rings is 2. The number of hydrogen-bond donors (Lipinski definition) is 0. The SMILES string of the molecule is Cc1ccc(S(=O)(=O)N2CCSC[C@H]2C(=O)C[C@H](Cc2ccccc2)C(=O)OC(C)(C)C)cc1. The Bertz CT molecular complexity index is 1090. The van der Waals surface area contributed by atoms with Crippen molar-refractivity contribution in [3.8, 4) is 0 Å². The van der Waals surface area contributed by atoms with Gasteiger partial charge in [-0.25, -0.2) is 8.42 Å². The Morgan fingerprint density at radius 3 is 2.35 bits per heavy atom. The Hall–Kier alpha value is -2.16. The molecule has 0 unspecified atom stereocenters. The summed E-state index contributed by atoms with van der Waals surface area (Å²) in [5.74, 6) is -0.397. The smallest absolute Gasteiger partial charge is 0.310 e. The zero-order chi connectivity index (χ0) is 24.9. The van der Waals surface area contributed by atoms with Gasteiger partial charge in [-0.3, -0.25) is 9.59 Å². The minimum absolute atomic E-state index is 0.0745. The molecule has 0 N–H and O–H groups in total. The van der Waals surface area contributed by atoms with Gasteiger partial charge in [-0.15, -0.1) is 0 Å². The van der Waals surface area contributed by atoms with Gasteiger partial charge < -0.3 is 4.74 Å². The summed E-state index contributed by atoms with van der Waals surface area (Å²) in [4.78, 5) is 26.7. The summed E-state index contributed by atoms with van der Waals surface area (Å²) >= 11 is 1.56. The second kappa shape index (κ2) is 11.1. The van der Waals surface area contributed by atoms with E-state index in [4.69, 9.17) is 4.74 Å². The molecule has 1 aliphatic rings. The fraction of sp³-hybridized carbons (Fsp3) is 0.462. The topological polar surface area (TPSA) is 80.8 Å². The van der Waals surface area contributed by atoms with Gasteiger partial charge in [-0.2, -0.15) is 16.1 Å². The van der Waals surface area contributed by atoms with Crippen molar-refractivity contribution in [2.24, 2.45) is 5.92 Å². The molecule has 0 aromatic heterocycles. The van der Waals surface area contributed by atoms with E-state index < -0.39 is 33.6 Å². The number of carbonyl (C=O) groups excluding carboxylic acids is 2. The van der Waals surface area contributed by atoms with E-state index in [1.165, 1.54) is 4.31 Å². The molecule has 8 heteroatoms. The lowest BCUT2D eigenvalue weighted by Gasteiger charge is -2.34. The maximum Gasteiger partial charge on any atom is 0.310 e. The number of aryl methyl sites for hydroxylation is 1. The molecule has 0 aliphatic carbocycles. The summed E-state index contributed by atoms with van der Waals surface area (Å²) in [6, 6.07) is 15.3. The number of rotatable bonds is 8. The predicted molar refractivity (Wildman–Crippen MR) is 135 cm³/mol. The van der Waals surface area contributed by atoms with Crippen molar-refractivity contribution >= 4 is 33.5 Å². The Morgan fingerprint density at radius 2 is 1.74 bits per heavy atom. The molecule has 1 heterocycles. The van der Waals surface area contributed by atoms with Gasteiger partial charge in [0.1, 0.15) is 5.60 Å². The number of thioether (sulfide) groups is 1. The number of Topliss-reactive ketones (excluding diaryl/α,β-unsaturated/α-hetero) is 1. The van der Waals surface area contributed by atoms with Crippen LogP contribution in [0.3, 0.4) is 0 Å². The van der Waals surface area contributed by atoms with E-state index in [9.17, 15) is 18.0 Å². The molecule has 0 bridgehead atoms. The summed E-state index contributed by atoms with van der Waals surface area (Å²) < 4.78 is 33.7. The van der Waals surface area contributed by atoms with E-state index >= 15 is 0 Å². The molecule has 0 spiro atoms. The van der Waals surface area contributed by atoms with Gasteiger partial charge in [0, 0.05) is 24.5 Å². The number of sulfonamides is 1. The van der Waals surface area contributed by atoms with Crippen LogP contribution in [0.2, 0.25) is 0 Å². The summed E-state index contributed by atoms with van der Waals surface area (Å²) in [7, 11) is -3.83. The molecule has 184 valence electrons. The molecule has 0 radical (unpaired) electrons. The minimum atomic E-state index is -3.83. The normalized spacial score (nSPS) is 18.3. The van der Waals surface area contributed by atoms with Gasteiger partial charge in [0.05, 0.1) is 16.9 Å². The quantitative estimate of drug-likeness (QED) is 0.501. The van der Waals surface area contributed by atoms with Crippen molar-refractivity contribution in [3.05, 3.63) is 65.7 Å². The zero-order valence-electron chi connectivity index (χ0n) is 20.2. The second-order valence-corrected chi connectivity index (χ2v) is 12.7. The first-order chi connectivity index (χ1) is 16.0. The van der Waals surface area contributed by atoms with Crippen LogP contribution in [0.4, 0.5) is 0 Å². The van der Waals surface area contributed by atoms with E-state index in [-0.39, 0.29) is 23.6 Å². The fourth-order valence-corrected chi connectivity index (χ4v) is 6.78. The third kappa shape index (κ3) is 6.93. The first-order valence-corrected chi connectivity index (χ1v) is 14.0. The molecule has 1 aliphatic heterocycles. The molecule has 2 atom stereocenters. The molecule has 34 heavy (non-hydrogen) atoms. The first kappa shape index (κ1) is 26.4. The molecule has 0 amide bonds. The Balaban J connectivity index is 1.84. The van der Waals surface area contributed by atoms with E-state index in [1.54, 1.807) is 56.8 Å². The van der Waals surface area contributed by atoms with Crippen LogP contribution in [-0.4, -0.2) is 54.2 Å². The summed E-state index contributed by atoms with van der Waals surface area (Å²) in [5, 5.41) is 0. The zero-order valence-corrected chi connectivity index (χ0v) is 21.8. The van der Waals surface area contributed by atoms with E-state index in [2.05, 4.69) is 0 Å². The molecule has 3 rings (SSSR count). The molecule has 1 saturated heterocycles. The van der Waals surface area contributed by atoms with Gasteiger partial charge in [-0.1, -0.05) is 48.0 Å². The molecule has 0 saturated carbocycles. The Kier molecular flexibility index (Phi) is 8.60. The Morgan fingerprint density at radius 1 is 1.09 bits per heavy atom. The molecule has 2 aromatic rings. The highest BCUT2D eigenvalue weighted by Crippen LogP contribution is 2.28. The van der Waals surface area contributed by atoms with Crippen molar-refractivity contribution in [1.82, 2.24) is 4.31 Å². The van der Waals surface area contributed by atoms with E-state index in [1.807, 2.05) is 37.3 Å². The van der Waals surface area contributed by atoms with Gasteiger partial charge >= 0.3 is 5.97 Å². The van der Waals surface area contributed by atoms with Crippen LogP contribution >= 0.6 is 11.8 Å². The fourth-order valence-electron chi connectivity index (χ4n) is 3.88. The maximum absolute atomic E-state index is 13.5. The van der Waals surface area contributed by atoms with Crippen LogP contribution in [0.5, 0.6) is 0 Å². The van der Waals surface area contributed by atoms with E-state index in [0.29, 0.717) is 17.9 Å². The third-order valence-corrected chi connectivity index (χ3v) is 8.54. The van der Waals surface area contributed by atoms with Crippen LogP contribution in [-0.2, 0) is 30.8 Å². The molecule has 6 nitrogen and oxygen atoms in total. The molecular weight excluding hydrogens is 470 g/mol.